The van der Waals surface area contributed by atoms with Crippen LogP contribution in [0.5, 0.6) is 0 Å². The minimum absolute atomic E-state index is 0.119. The van der Waals surface area contributed by atoms with Crippen molar-refractivity contribution < 1.29 is 18.3 Å². The molecule has 5 nitrogen and oxygen atoms in total. The summed E-state index contributed by atoms with van der Waals surface area (Å²) >= 11 is 0. The van der Waals surface area contributed by atoms with E-state index in [0.29, 0.717) is 5.56 Å². The maximum atomic E-state index is 12.4. The molecule has 0 radical (unpaired) electrons. The molecule has 0 saturated carbocycles. The predicted octanol–water partition coefficient (Wildman–Crippen LogP) is 2.08. The third-order valence-corrected chi connectivity index (χ3v) is 4.58. The van der Waals surface area contributed by atoms with Crippen LogP contribution in [-0.2, 0) is 14.8 Å². The van der Waals surface area contributed by atoms with Gasteiger partial charge in [-0.2, -0.15) is 4.72 Å². The third kappa shape index (κ3) is 3.80. The first-order chi connectivity index (χ1) is 8.95. The van der Waals surface area contributed by atoms with Crippen LogP contribution in [0.25, 0.3) is 0 Å². The summed E-state index contributed by atoms with van der Waals surface area (Å²) in [6.45, 7) is 8.50. The van der Waals surface area contributed by atoms with Crippen molar-refractivity contribution in [3.63, 3.8) is 0 Å². The van der Waals surface area contributed by atoms with Gasteiger partial charge in [0.2, 0.25) is 10.0 Å². The number of hydrogen-bond acceptors (Lipinski definition) is 3. The Kier molecular flexibility index (Phi) is 4.61. The van der Waals surface area contributed by atoms with Crippen LogP contribution in [0.15, 0.2) is 23.1 Å². The molecular weight excluding hydrogens is 278 g/mol. The monoisotopic (exact) mass is 299 g/mol. The van der Waals surface area contributed by atoms with Gasteiger partial charge in [-0.1, -0.05) is 32.9 Å². The van der Waals surface area contributed by atoms with E-state index in [9.17, 15) is 18.3 Å². The van der Waals surface area contributed by atoms with Gasteiger partial charge in [-0.25, -0.2) is 8.42 Å². The van der Waals surface area contributed by atoms with Gasteiger partial charge in [-0.05, 0) is 36.5 Å². The molecule has 6 heteroatoms. The summed E-state index contributed by atoms with van der Waals surface area (Å²) in [4.78, 5) is 11.4. The molecule has 0 bridgehead atoms. The number of sulfonamides is 1. The van der Waals surface area contributed by atoms with Crippen LogP contribution >= 0.6 is 0 Å². The highest BCUT2D eigenvalue weighted by atomic mass is 32.2. The molecule has 1 aromatic carbocycles. The summed E-state index contributed by atoms with van der Waals surface area (Å²) in [5, 5.41) is 9.22. The van der Waals surface area contributed by atoms with Crippen molar-refractivity contribution in [2.75, 3.05) is 0 Å². The van der Waals surface area contributed by atoms with Gasteiger partial charge >= 0.3 is 5.97 Å². The first kappa shape index (κ1) is 16.7. The third-order valence-electron chi connectivity index (χ3n) is 3.02. The van der Waals surface area contributed by atoms with E-state index >= 15 is 0 Å². The number of nitrogens with one attached hydrogen (secondary N) is 1. The summed E-state index contributed by atoms with van der Waals surface area (Å²) in [5.74, 6) is -1.19. The lowest BCUT2D eigenvalue weighted by Gasteiger charge is -2.27. The molecule has 0 amide bonds. The largest absolute Gasteiger partial charge is 0.480 e. The molecule has 1 aromatic rings. The number of carbonyl (C=O) groups is 1. The molecule has 1 rings (SSSR count). The molecular formula is C14H21NO4S. The van der Waals surface area contributed by atoms with Crippen molar-refractivity contribution >= 4 is 16.0 Å². The second kappa shape index (κ2) is 5.54. The van der Waals surface area contributed by atoms with E-state index in [4.69, 9.17) is 0 Å². The molecule has 0 aromatic heterocycles. The second-order valence-electron chi connectivity index (χ2n) is 6.03. The van der Waals surface area contributed by atoms with E-state index in [1.54, 1.807) is 46.8 Å². The first-order valence-corrected chi connectivity index (χ1v) is 7.76. The van der Waals surface area contributed by atoms with Crippen LogP contribution < -0.4 is 4.72 Å². The Morgan fingerprint density at radius 1 is 1.25 bits per heavy atom. The van der Waals surface area contributed by atoms with Crippen molar-refractivity contribution in [1.29, 1.82) is 0 Å². The molecule has 0 heterocycles. The lowest BCUT2D eigenvalue weighted by Crippen LogP contribution is -2.49. The Labute approximate surface area is 120 Å². The quantitative estimate of drug-likeness (QED) is 0.891. The van der Waals surface area contributed by atoms with E-state index in [1.165, 1.54) is 0 Å². The van der Waals surface area contributed by atoms with E-state index in [0.717, 1.165) is 5.56 Å². The molecule has 0 spiro atoms. The Hall–Kier alpha value is -1.40. The van der Waals surface area contributed by atoms with Gasteiger partial charge in [0.15, 0.2) is 0 Å². The maximum absolute atomic E-state index is 12.4. The van der Waals surface area contributed by atoms with Gasteiger partial charge in [0.1, 0.15) is 6.04 Å². The van der Waals surface area contributed by atoms with Crippen molar-refractivity contribution in [1.82, 2.24) is 4.72 Å². The van der Waals surface area contributed by atoms with Gasteiger partial charge in [0, 0.05) is 0 Å². The fourth-order valence-electron chi connectivity index (χ4n) is 1.81. The Bertz CT molecular complexity index is 615. The average Bonchev–Trinajstić information content (AvgIpc) is 2.27. The van der Waals surface area contributed by atoms with Gasteiger partial charge in [0.05, 0.1) is 4.90 Å². The lowest BCUT2D eigenvalue weighted by atomic mass is 9.88. The number of aliphatic carboxylic acids is 1. The number of benzene rings is 1. The zero-order chi connectivity index (χ0) is 15.7. The molecule has 0 aliphatic carbocycles. The summed E-state index contributed by atoms with van der Waals surface area (Å²) in [6.07, 6.45) is 0. The number of rotatable bonds is 4. The van der Waals surface area contributed by atoms with Crippen LogP contribution in [0.3, 0.4) is 0 Å². The standard InChI is InChI=1S/C14H21NO4S/c1-9-6-7-10(2)11(8-9)20(18,19)15-12(13(16)17)14(3,4)5/h6-8,12,15H,1-5H3,(H,16,17)/t12-/m0/s1. The summed E-state index contributed by atoms with van der Waals surface area (Å²) in [6, 6.07) is 3.87. The minimum Gasteiger partial charge on any atom is -0.480 e. The summed E-state index contributed by atoms with van der Waals surface area (Å²) in [7, 11) is -3.87. The minimum atomic E-state index is -3.87. The highest BCUT2D eigenvalue weighted by Crippen LogP contribution is 2.23. The van der Waals surface area contributed by atoms with Crippen molar-refractivity contribution in [2.45, 2.75) is 45.6 Å². The fraction of sp³-hybridized carbons (Fsp3) is 0.500. The Morgan fingerprint density at radius 3 is 2.25 bits per heavy atom. The average molecular weight is 299 g/mol. The van der Waals surface area contributed by atoms with Crippen LogP contribution in [0.2, 0.25) is 0 Å². The Balaban J connectivity index is 3.24. The zero-order valence-corrected chi connectivity index (χ0v) is 13.2. The first-order valence-electron chi connectivity index (χ1n) is 6.27. The van der Waals surface area contributed by atoms with Crippen molar-refractivity contribution in [2.24, 2.45) is 5.41 Å². The van der Waals surface area contributed by atoms with Crippen LogP contribution in [0.4, 0.5) is 0 Å². The lowest BCUT2D eigenvalue weighted by molar-refractivity contribution is -0.141. The second-order valence-corrected chi connectivity index (χ2v) is 7.71. The van der Waals surface area contributed by atoms with Gasteiger partial charge in [0.25, 0.3) is 0 Å². The molecule has 2 N–H and O–H groups in total. The molecule has 0 fully saturated rings. The smallest absolute Gasteiger partial charge is 0.322 e. The molecule has 0 aliphatic heterocycles. The molecule has 1 atom stereocenters. The normalized spacial score (nSPS) is 14.1. The van der Waals surface area contributed by atoms with Crippen molar-refractivity contribution in [3.05, 3.63) is 29.3 Å². The number of hydrogen-bond donors (Lipinski definition) is 2. The maximum Gasteiger partial charge on any atom is 0.322 e. The summed E-state index contributed by atoms with van der Waals surface area (Å²) < 4.78 is 27.1. The molecule has 20 heavy (non-hydrogen) atoms. The van der Waals surface area contributed by atoms with Gasteiger partial charge < -0.3 is 5.11 Å². The topological polar surface area (TPSA) is 83.5 Å². The highest BCUT2D eigenvalue weighted by molar-refractivity contribution is 7.89. The molecule has 0 aliphatic rings. The van der Waals surface area contributed by atoms with E-state index in [-0.39, 0.29) is 4.90 Å². The number of carboxylic acids is 1. The Morgan fingerprint density at radius 2 is 1.80 bits per heavy atom. The van der Waals surface area contributed by atoms with Crippen LogP contribution in [0, 0.1) is 19.3 Å². The number of aryl methyl sites for hydroxylation is 2. The molecule has 0 unspecified atom stereocenters. The zero-order valence-electron chi connectivity index (χ0n) is 12.4. The van der Waals surface area contributed by atoms with E-state index < -0.39 is 27.4 Å². The van der Waals surface area contributed by atoms with Crippen molar-refractivity contribution in [3.8, 4) is 0 Å². The highest BCUT2D eigenvalue weighted by Gasteiger charge is 2.35. The summed E-state index contributed by atoms with van der Waals surface area (Å²) in [5.41, 5.74) is 0.663. The predicted molar refractivity (Wildman–Crippen MR) is 77.1 cm³/mol. The molecule has 112 valence electrons. The van der Waals surface area contributed by atoms with E-state index in [2.05, 4.69) is 4.72 Å². The fourth-order valence-corrected chi connectivity index (χ4v) is 3.54. The van der Waals surface area contributed by atoms with Crippen LogP contribution in [-0.4, -0.2) is 25.5 Å². The number of carboxylic acid groups (broad SMARTS) is 1. The van der Waals surface area contributed by atoms with Gasteiger partial charge in [-0.15, -0.1) is 0 Å². The SMILES string of the molecule is Cc1ccc(C)c(S(=O)(=O)N[C@@H](C(=O)O)C(C)(C)C)c1. The molecule has 0 saturated heterocycles. The van der Waals surface area contributed by atoms with Gasteiger partial charge in [-0.3, -0.25) is 4.79 Å². The van der Waals surface area contributed by atoms with E-state index in [1.807, 2.05) is 6.07 Å². The van der Waals surface area contributed by atoms with Crippen LogP contribution in [0.1, 0.15) is 31.9 Å².